The number of fused-ring (bicyclic) bond motifs is 1. The molecule has 1 aromatic rings. The molecule has 2 rings (SSSR count). The van der Waals surface area contributed by atoms with E-state index in [9.17, 15) is 4.79 Å². The number of hydrogen-bond donors (Lipinski definition) is 1. The van der Waals surface area contributed by atoms with E-state index in [0.717, 1.165) is 16.5 Å². The molecule has 4 heteroatoms. The fraction of sp³-hybridized carbons (Fsp3) is 0.300. The maximum absolute atomic E-state index is 10.8. The molecular weight excluding hydrogens is 246 g/mol. The summed E-state index contributed by atoms with van der Waals surface area (Å²) in [5.41, 5.74) is 2.36. The molecular formula is C10H10BrNO2. The van der Waals surface area contributed by atoms with Crippen molar-refractivity contribution >= 4 is 22.0 Å². The smallest absolute Gasteiger partial charge is 0.407 e. The Morgan fingerprint density at radius 2 is 2.21 bits per heavy atom. The van der Waals surface area contributed by atoms with Crippen LogP contribution in [0.5, 0.6) is 0 Å². The van der Waals surface area contributed by atoms with Crippen molar-refractivity contribution in [1.29, 1.82) is 0 Å². The molecule has 0 aromatic heterocycles. The molecule has 1 N–H and O–H groups in total. The fourth-order valence-corrected chi connectivity index (χ4v) is 2.10. The maximum Gasteiger partial charge on any atom is 0.407 e. The Bertz CT molecular complexity index is 378. The first kappa shape index (κ1) is 9.52. The second kappa shape index (κ2) is 3.61. The van der Waals surface area contributed by atoms with Gasteiger partial charge in [0.05, 0.1) is 0 Å². The summed E-state index contributed by atoms with van der Waals surface area (Å²) in [6, 6.07) is 6.04. The summed E-state index contributed by atoms with van der Waals surface area (Å²) >= 11 is 3.38. The van der Waals surface area contributed by atoms with Gasteiger partial charge in [-0.3, -0.25) is 0 Å². The van der Waals surface area contributed by atoms with E-state index in [2.05, 4.69) is 22.0 Å². The van der Waals surface area contributed by atoms with Crippen LogP contribution in [0.25, 0.3) is 0 Å². The van der Waals surface area contributed by atoms with Crippen LogP contribution in [0.2, 0.25) is 0 Å². The van der Waals surface area contributed by atoms with Gasteiger partial charge in [0.25, 0.3) is 0 Å². The summed E-state index contributed by atoms with van der Waals surface area (Å²) in [5.74, 6) is 0. The van der Waals surface area contributed by atoms with Gasteiger partial charge in [-0.1, -0.05) is 22.0 Å². The first-order valence-electron chi connectivity index (χ1n) is 4.42. The van der Waals surface area contributed by atoms with Gasteiger partial charge in [-0.15, -0.1) is 0 Å². The number of amides is 1. The Labute approximate surface area is 90.5 Å². The molecule has 0 unspecified atom stereocenters. The zero-order valence-corrected chi connectivity index (χ0v) is 9.12. The Hall–Kier alpha value is -1.03. The summed E-state index contributed by atoms with van der Waals surface area (Å²) in [4.78, 5) is 12.2. The highest BCUT2D eigenvalue weighted by atomic mass is 79.9. The highest BCUT2D eigenvalue weighted by Gasteiger charge is 2.19. The van der Waals surface area contributed by atoms with Crippen molar-refractivity contribution in [3.8, 4) is 0 Å². The number of nitrogens with zero attached hydrogens (tertiary/aromatic N) is 1. The SMILES string of the molecule is O=C(O)N1CCc2ccc(Br)cc2C1. The zero-order chi connectivity index (χ0) is 10.1. The lowest BCUT2D eigenvalue weighted by Gasteiger charge is -2.26. The molecule has 0 saturated heterocycles. The van der Waals surface area contributed by atoms with E-state index < -0.39 is 6.09 Å². The molecule has 0 spiro atoms. The summed E-state index contributed by atoms with van der Waals surface area (Å²) in [6.45, 7) is 1.11. The normalized spacial score (nSPS) is 15.1. The van der Waals surface area contributed by atoms with Crippen molar-refractivity contribution in [3.05, 3.63) is 33.8 Å². The van der Waals surface area contributed by atoms with Crippen LogP contribution in [0.15, 0.2) is 22.7 Å². The Balaban J connectivity index is 2.29. The number of hydrogen-bond acceptors (Lipinski definition) is 1. The van der Waals surface area contributed by atoms with E-state index in [1.807, 2.05) is 12.1 Å². The first-order valence-corrected chi connectivity index (χ1v) is 5.21. The van der Waals surface area contributed by atoms with E-state index in [-0.39, 0.29) is 0 Å². The third-order valence-electron chi connectivity index (χ3n) is 2.45. The van der Waals surface area contributed by atoms with Crippen LogP contribution in [0.3, 0.4) is 0 Å². The van der Waals surface area contributed by atoms with Gasteiger partial charge in [0.2, 0.25) is 0 Å². The van der Waals surface area contributed by atoms with Crippen molar-refractivity contribution in [2.75, 3.05) is 6.54 Å². The third kappa shape index (κ3) is 1.75. The average Bonchev–Trinajstić information content (AvgIpc) is 2.16. The quantitative estimate of drug-likeness (QED) is 0.774. The molecule has 1 heterocycles. The van der Waals surface area contributed by atoms with Crippen LogP contribution in [-0.2, 0) is 13.0 Å². The predicted octanol–water partition coefficient (Wildman–Crippen LogP) is 2.49. The lowest BCUT2D eigenvalue weighted by Crippen LogP contribution is -2.34. The van der Waals surface area contributed by atoms with Crippen LogP contribution in [0, 0.1) is 0 Å². The molecule has 0 bridgehead atoms. The molecule has 0 radical (unpaired) electrons. The van der Waals surface area contributed by atoms with Gasteiger partial charge in [-0.2, -0.15) is 0 Å². The fourth-order valence-electron chi connectivity index (χ4n) is 1.69. The van der Waals surface area contributed by atoms with Gasteiger partial charge in [0, 0.05) is 17.6 Å². The lowest BCUT2D eigenvalue weighted by atomic mass is 10.0. The zero-order valence-electron chi connectivity index (χ0n) is 7.53. The predicted molar refractivity (Wildman–Crippen MR) is 56.3 cm³/mol. The monoisotopic (exact) mass is 255 g/mol. The summed E-state index contributed by atoms with van der Waals surface area (Å²) in [6.07, 6.45) is -0.0230. The number of benzene rings is 1. The van der Waals surface area contributed by atoms with E-state index in [4.69, 9.17) is 5.11 Å². The van der Waals surface area contributed by atoms with Gasteiger partial charge in [-0.05, 0) is 29.7 Å². The second-order valence-electron chi connectivity index (χ2n) is 3.37. The van der Waals surface area contributed by atoms with Crippen LogP contribution >= 0.6 is 15.9 Å². The van der Waals surface area contributed by atoms with Gasteiger partial charge < -0.3 is 10.0 Å². The molecule has 74 valence electrons. The topological polar surface area (TPSA) is 40.5 Å². The molecule has 3 nitrogen and oxygen atoms in total. The highest BCUT2D eigenvalue weighted by molar-refractivity contribution is 9.10. The molecule has 0 fully saturated rings. The average molecular weight is 256 g/mol. The second-order valence-corrected chi connectivity index (χ2v) is 4.28. The molecule has 1 amide bonds. The Kier molecular flexibility index (Phi) is 2.46. The Morgan fingerprint density at radius 3 is 2.93 bits per heavy atom. The minimum atomic E-state index is -0.837. The van der Waals surface area contributed by atoms with Crippen LogP contribution in [0.1, 0.15) is 11.1 Å². The van der Waals surface area contributed by atoms with E-state index in [1.54, 1.807) is 0 Å². The largest absolute Gasteiger partial charge is 0.465 e. The van der Waals surface area contributed by atoms with Crippen LogP contribution in [0.4, 0.5) is 4.79 Å². The van der Waals surface area contributed by atoms with E-state index in [1.165, 1.54) is 10.5 Å². The van der Waals surface area contributed by atoms with E-state index >= 15 is 0 Å². The summed E-state index contributed by atoms with van der Waals surface area (Å²) < 4.78 is 1.00. The maximum atomic E-state index is 10.8. The van der Waals surface area contributed by atoms with Crippen molar-refractivity contribution in [1.82, 2.24) is 4.90 Å². The lowest BCUT2D eigenvalue weighted by molar-refractivity contribution is 0.140. The number of carboxylic acid groups (broad SMARTS) is 1. The molecule has 14 heavy (non-hydrogen) atoms. The molecule has 1 aliphatic rings. The molecule has 0 saturated carbocycles. The van der Waals surface area contributed by atoms with Crippen molar-refractivity contribution in [2.45, 2.75) is 13.0 Å². The summed E-state index contributed by atoms with van der Waals surface area (Å²) in [5, 5.41) is 8.85. The molecule has 1 aromatic carbocycles. The van der Waals surface area contributed by atoms with Crippen molar-refractivity contribution in [2.24, 2.45) is 0 Å². The van der Waals surface area contributed by atoms with Gasteiger partial charge in [0.15, 0.2) is 0 Å². The van der Waals surface area contributed by atoms with Crippen molar-refractivity contribution in [3.63, 3.8) is 0 Å². The molecule has 0 aliphatic carbocycles. The van der Waals surface area contributed by atoms with Crippen LogP contribution in [-0.4, -0.2) is 22.6 Å². The highest BCUT2D eigenvalue weighted by Crippen LogP contribution is 2.22. The minimum absolute atomic E-state index is 0.504. The standard InChI is InChI=1S/C10H10BrNO2/c11-9-2-1-7-3-4-12(10(13)14)6-8(7)5-9/h1-2,5H,3-4,6H2,(H,13,14). The minimum Gasteiger partial charge on any atom is -0.465 e. The van der Waals surface area contributed by atoms with Gasteiger partial charge in [0.1, 0.15) is 0 Å². The van der Waals surface area contributed by atoms with Crippen LogP contribution < -0.4 is 0 Å². The Morgan fingerprint density at radius 1 is 1.43 bits per heavy atom. The third-order valence-corrected chi connectivity index (χ3v) is 2.94. The number of halogens is 1. The first-order chi connectivity index (χ1) is 6.66. The molecule has 0 atom stereocenters. The number of rotatable bonds is 0. The summed E-state index contributed by atoms with van der Waals surface area (Å²) in [7, 11) is 0. The molecule has 1 aliphatic heterocycles. The number of carbonyl (C=O) groups is 1. The van der Waals surface area contributed by atoms with E-state index in [0.29, 0.717) is 13.1 Å². The van der Waals surface area contributed by atoms with Crippen molar-refractivity contribution < 1.29 is 9.90 Å². The van der Waals surface area contributed by atoms with Gasteiger partial charge in [-0.25, -0.2) is 4.79 Å². The van der Waals surface area contributed by atoms with Gasteiger partial charge >= 0.3 is 6.09 Å².